The van der Waals surface area contributed by atoms with Gasteiger partial charge in [-0.15, -0.1) is 0 Å². The summed E-state index contributed by atoms with van der Waals surface area (Å²) in [5.41, 5.74) is 5.94. The molecular weight excluding hydrogens is 264 g/mol. The number of fused-ring (bicyclic) bond motifs is 4. The molecule has 2 saturated carbocycles. The van der Waals surface area contributed by atoms with E-state index in [9.17, 15) is 0 Å². The Morgan fingerprint density at radius 3 is 2.59 bits per heavy atom. The Bertz CT molecular complexity index is 586. The van der Waals surface area contributed by atoms with E-state index in [4.69, 9.17) is 0 Å². The van der Waals surface area contributed by atoms with Crippen LogP contribution in [0.2, 0.25) is 0 Å². The van der Waals surface area contributed by atoms with Crippen molar-refractivity contribution >= 4 is 0 Å². The van der Waals surface area contributed by atoms with Crippen molar-refractivity contribution in [3.05, 3.63) is 34.9 Å². The van der Waals surface area contributed by atoms with Crippen molar-refractivity contribution in [2.75, 3.05) is 0 Å². The Balaban J connectivity index is 1.71. The zero-order chi connectivity index (χ0) is 15.5. The SMILES string of the molecule is Cc1ccc2c(c1)CC1(C)CCC3(C)C(C)CCC3C1CC2. The van der Waals surface area contributed by atoms with Gasteiger partial charge >= 0.3 is 0 Å². The van der Waals surface area contributed by atoms with Gasteiger partial charge in [0.1, 0.15) is 0 Å². The van der Waals surface area contributed by atoms with Crippen LogP contribution in [0.5, 0.6) is 0 Å². The fourth-order valence-electron chi connectivity index (χ4n) is 6.45. The highest BCUT2D eigenvalue weighted by atomic mass is 14.6. The highest BCUT2D eigenvalue weighted by Crippen LogP contribution is 2.64. The number of aryl methyl sites for hydroxylation is 2. The Hall–Kier alpha value is -0.780. The van der Waals surface area contributed by atoms with Crippen molar-refractivity contribution in [3.63, 3.8) is 0 Å². The summed E-state index contributed by atoms with van der Waals surface area (Å²) in [5.74, 6) is 2.87. The van der Waals surface area contributed by atoms with E-state index < -0.39 is 0 Å². The maximum absolute atomic E-state index is 2.62. The largest absolute Gasteiger partial charge is 0.0620 e. The average Bonchev–Trinajstić information content (AvgIpc) is 2.68. The van der Waals surface area contributed by atoms with Gasteiger partial charge in [-0.25, -0.2) is 0 Å². The molecule has 0 heterocycles. The van der Waals surface area contributed by atoms with Gasteiger partial charge in [-0.05, 0) is 91.6 Å². The molecule has 0 N–H and O–H groups in total. The molecule has 0 nitrogen and oxygen atoms in total. The number of hydrogen-bond acceptors (Lipinski definition) is 0. The van der Waals surface area contributed by atoms with Crippen molar-refractivity contribution in [3.8, 4) is 0 Å². The van der Waals surface area contributed by atoms with Gasteiger partial charge in [0.05, 0.1) is 0 Å². The second kappa shape index (κ2) is 4.86. The molecule has 22 heavy (non-hydrogen) atoms. The van der Waals surface area contributed by atoms with Crippen LogP contribution >= 0.6 is 0 Å². The van der Waals surface area contributed by atoms with Crippen LogP contribution in [-0.4, -0.2) is 0 Å². The second-order valence-electron chi connectivity index (χ2n) is 9.34. The van der Waals surface area contributed by atoms with E-state index in [2.05, 4.69) is 45.9 Å². The molecule has 5 unspecified atom stereocenters. The number of hydrogen-bond donors (Lipinski definition) is 0. The maximum Gasteiger partial charge on any atom is -0.0219 e. The summed E-state index contributed by atoms with van der Waals surface area (Å²) in [6.45, 7) is 10.0. The van der Waals surface area contributed by atoms with Gasteiger partial charge in [0, 0.05) is 0 Å². The van der Waals surface area contributed by atoms with E-state index >= 15 is 0 Å². The zero-order valence-corrected chi connectivity index (χ0v) is 14.9. The first-order valence-corrected chi connectivity index (χ1v) is 9.51. The molecular formula is C22H32. The van der Waals surface area contributed by atoms with Gasteiger partial charge in [-0.2, -0.15) is 0 Å². The van der Waals surface area contributed by atoms with Gasteiger partial charge in [0.15, 0.2) is 0 Å². The molecule has 0 bridgehead atoms. The normalized spacial score (nSPS) is 43.9. The molecule has 0 radical (unpaired) electrons. The van der Waals surface area contributed by atoms with Crippen LogP contribution in [0.4, 0.5) is 0 Å². The molecule has 0 aromatic heterocycles. The van der Waals surface area contributed by atoms with Gasteiger partial charge in [0.2, 0.25) is 0 Å². The minimum absolute atomic E-state index is 0.549. The van der Waals surface area contributed by atoms with E-state index in [1.807, 2.05) is 0 Å². The quantitative estimate of drug-likeness (QED) is 0.554. The highest BCUT2D eigenvalue weighted by Gasteiger charge is 2.56. The average molecular weight is 296 g/mol. The monoisotopic (exact) mass is 296 g/mol. The smallest absolute Gasteiger partial charge is 0.0219 e. The highest BCUT2D eigenvalue weighted by molar-refractivity contribution is 5.34. The lowest BCUT2D eigenvalue weighted by atomic mass is 9.51. The third-order valence-electron chi connectivity index (χ3n) is 8.18. The Kier molecular flexibility index (Phi) is 3.26. The van der Waals surface area contributed by atoms with E-state index in [0.717, 1.165) is 17.8 Å². The molecule has 3 aliphatic carbocycles. The van der Waals surface area contributed by atoms with Gasteiger partial charge in [-0.3, -0.25) is 0 Å². The van der Waals surface area contributed by atoms with Gasteiger partial charge in [0.25, 0.3) is 0 Å². The van der Waals surface area contributed by atoms with Gasteiger partial charge in [-0.1, -0.05) is 44.5 Å². The van der Waals surface area contributed by atoms with E-state index in [0.29, 0.717) is 10.8 Å². The summed E-state index contributed by atoms with van der Waals surface area (Å²) in [4.78, 5) is 0. The third kappa shape index (κ3) is 2.02. The molecule has 0 spiro atoms. The van der Waals surface area contributed by atoms with Crippen LogP contribution in [0, 0.1) is 35.5 Å². The second-order valence-corrected chi connectivity index (χ2v) is 9.34. The summed E-state index contributed by atoms with van der Waals surface area (Å²) >= 11 is 0. The lowest BCUT2D eigenvalue weighted by Gasteiger charge is -2.53. The molecule has 0 heteroatoms. The zero-order valence-electron chi connectivity index (χ0n) is 14.9. The number of rotatable bonds is 0. The van der Waals surface area contributed by atoms with Crippen LogP contribution in [0.15, 0.2) is 18.2 Å². The Morgan fingerprint density at radius 2 is 1.77 bits per heavy atom. The predicted molar refractivity (Wildman–Crippen MR) is 94.0 cm³/mol. The minimum Gasteiger partial charge on any atom is -0.0620 e. The minimum atomic E-state index is 0.549. The van der Waals surface area contributed by atoms with Crippen LogP contribution in [0.3, 0.4) is 0 Å². The molecule has 2 fully saturated rings. The maximum atomic E-state index is 2.62. The Labute approximate surface area is 136 Å². The molecule has 1 aromatic rings. The standard InChI is InChI=1S/C22H32/c1-15-5-7-17-8-10-19-20-9-6-16(2)22(20,4)12-11-21(19,3)14-18(17)13-15/h5,7,13,16,19-20H,6,8-12,14H2,1-4H3. The van der Waals surface area contributed by atoms with Crippen LogP contribution < -0.4 is 0 Å². The summed E-state index contributed by atoms with van der Waals surface area (Å²) in [6.07, 6.45) is 9.95. The van der Waals surface area contributed by atoms with E-state index in [1.165, 1.54) is 50.5 Å². The van der Waals surface area contributed by atoms with Crippen molar-refractivity contribution < 1.29 is 0 Å². The van der Waals surface area contributed by atoms with Crippen molar-refractivity contribution in [1.82, 2.24) is 0 Å². The molecule has 0 aliphatic heterocycles. The fourth-order valence-corrected chi connectivity index (χ4v) is 6.45. The lowest BCUT2D eigenvalue weighted by molar-refractivity contribution is -0.0374. The molecule has 120 valence electrons. The topological polar surface area (TPSA) is 0 Å². The summed E-state index contributed by atoms with van der Waals surface area (Å²) < 4.78 is 0. The molecule has 0 amide bonds. The molecule has 0 saturated heterocycles. The van der Waals surface area contributed by atoms with Crippen LogP contribution in [0.25, 0.3) is 0 Å². The van der Waals surface area contributed by atoms with Crippen molar-refractivity contribution in [2.45, 2.75) is 72.6 Å². The van der Waals surface area contributed by atoms with E-state index in [-0.39, 0.29) is 0 Å². The molecule has 5 atom stereocenters. The first-order valence-electron chi connectivity index (χ1n) is 9.51. The summed E-state index contributed by atoms with van der Waals surface area (Å²) in [5, 5.41) is 0. The molecule has 4 rings (SSSR count). The lowest BCUT2D eigenvalue weighted by Crippen LogP contribution is -2.46. The molecule has 1 aromatic carbocycles. The first-order chi connectivity index (χ1) is 10.4. The summed E-state index contributed by atoms with van der Waals surface area (Å²) in [7, 11) is 0. The van der Waals surface area contributed by atoms with Gasteiger partial charge < -0.3 is 0 Å². The van der Waals surface area contributed by atoms with Crippen molar-refractivity contribution in [1.29, 1.82) is 0 Å². The number of benzene rings is 1. The third-order valence-corrected chi connectivity index (χ3v) is 8.18. The van der Waals surface area contributed by atoms with Crippen LogP contribution in [0.1, 0.15) is 69.6 Å². The van der Waals surface area contributed by atoms with Crippen LogP contribution in [-0.2, 0) is 12.8 Å². The Morgan fingerprint density at radius 1 is 0.955 bits per heavy atom. The first kappa shape index (κ1) is 14.8. The predicted octanol–water partition coefficient (Wildman–Crippen LogP) is 5.95. The fraction of sp³-hybridized carbons (Fsp3) is 0.727. The van der Waals surface area contributed by atoms with Crippen molar-refractivity contribution in [2.24, 2.45) is 28.6 Å². The van der Waals surface area contributed by atoms with E-state index in [1.54, 1.807) is 11.1 Å². The molecule has 3 aliphatic rings. The summed E-state index contributed by atoms with van der Waals surface area (Å²) in [6, 6.07) is 7.22.